The fourth-order valence-corrected chi connectivity index (χ4v) is 5.07. The molecule has 3 fully saturated rings. The Morgan fingerprint density at radius 2 is 1.87 bits per heavy atom. The Kier molecular flexibility index (Phi) is 5.66. The topological polar surface area (TPSA) is 79.0 Å². The molecule has 0 aromatic heterocycles. The summed E-state index contributed by atoms with van der Waals surface area (Å²) in [7, 11) is 0. The van der Waals surface area contributed by atoms with E-state index in [1.54, 1.807) is 4.90 Å². The Balaban J connectivity index is 1.34. The molecule has 1 atom stereocenters. The van der Waals surface area contributed by atoms with Crippen molar-refractivity contribution in [1.29, 1.82) is 0 Å². The number of anilines is 1. The van der Waals surface area contributed by atoms with Crippen LogP contribution in [0.15, 0.2) is 18.2 Å². The van der Waals surface area contributed by atoms with E-state index in [0.717, 1.165) is 50.3 Å². The zero-order valence-electron chi connectivity index (χ0n) is 18.4. The number of amides is 3. The van der Waals surface area contributed by atoms with Crippen LogP contribution in [0.4, 0.5) is 10.5 Å². The first-order chi connectivity index (χ1) is 14.6. The van der Waals surface area contributed by atoms with Crippen molar-refractivity contribution in [3.05, 3.63) is 28.8 Å². The number of halogens is 1. The molecule has 3 amide bonds. The second kappa shape index (κ2) is 8.01. The molecule has 0 saturated carbocycles. The van der Waals surface area contributed by atoms with Crippen LogP contribution in [-0.2, 0) is 14.3 Å². The van der Waals surface area contributed by atoms with E-state index in [9.17, 15) is 14.4 Å². The van der Waals surface area contributed by atoms with Crippen LogP contribution in [0, 0.1) is 5.41 Å². The van der Waals surface area contributed by atoms with Crippen molar-refractivity contribution in [3.63, 3.8) is 0 Å². The molecule has 3 aliphatic heterocycles. The number of carbonyl (C=O) groups excluding carboxylic acids is 3. The van der Waals surface area contributed by atoms with Gasteiger partial charge in [0.05, 0.1) is 5.92 Å². The maximum atomic E-state index is 12.2. The molecule has 8 heteroatoms. The maximum absolute atomic E-state index is 12.2. The van der Waals surface area contributed by atoms with Gasteiger partial charge in [0.2, 0.25) is 11.8 Å². The summed E-state index contributed by atoms with van der Waals surface area (Å²) in [6, 6.07) is 5.85. The van der Waals surface area contributed by atoms with E-state index < -0.39 is 5.60 Å². The molecular formula is C23H30ClN3O4. The van der Waals surface area contributed by atoms with Crippen molar-refractivity contribution >= 4 is 35.2 Å². The van der Waals surface area contributed by atoms with Crippen molar-refractivity contribution in [1.82, 2.24) is 10.2 Å². The highest BCUT2D eigenvalue weighted by molar-refractivity contribution is 6.32. The Morgan fingerprint density at radius 3 is 2.45 bits per heavy atom. The first-order valence-electron chi connectivity index (χ1n) is 10.9. The number of piperidine rings is 2. The van der Waals surface area contributed by atoms with Gasteiger partial charge in [0.15, 0.2) is 0 Å². The minimum absolute atomic E-state index is 0.184. The van der Waals surface area contributed by atoms with Gasteiger partial charge in [-0.25, -0.2) is 4.79 Å². The normalized spacial score (nSPS) is 23.4. The van der Waals surface area contributed by atoms with Crippen LogP contribution in [0.2, 0.25) is 5.02 Å². The molecule has 7 nitrogen and oxygen atoms in total. The molecule has 0 radical (unpaired) electrons. The number of likely N-dealkylation sites (tertiary alicyclic amines) is 1. The third-order valence-electron chi connectivity index (χ3n) is 6.49. The SMILES string of the molecule is CC(C)(C)OC(=O)N1CC2(CCN(c3ccc(C4CCC(=O)NC4=O)c(Cl)c3)CC2)C1. The molecule has 168 valence electrons. The van der Waals surface area contributed by atoms with Gasteiger partial charge in [-0.3, -0.25) is 14.9 Å². The van der Waals surface area contributed by atoms with E-state index >= 15 is 0 Å². The number of hydrogen-bond donors (Lipinski definition) is 1. The average molecular weight is 448 g/mol. The quantitative estimate of drug-likeness (QED) is 0.699. The lowest BCUT2D eigenvalue weighted by Gasteiger charge is -2.54. The molecular weight excluding hydrogens is 418 g/mol. The fraction of sp³-hybridized carbons (Fsp3) is 0.609. The monoisotopic (exact) mass is 447 g/mol. The Bertz CT molecular complexity index is 895. The van der Waals surface area contributed by atoms with E-state index in [2.05, 4.69) is 10.2 Å². The van der Waals surface area contributed by atoms with Gasteiger partial charge in [-0.2, -0.15) is 0 Å². The number of nitrogens with zero attached hydrogens (tertiary/aromatic N) is 2. The van der Waals surface area contributed by atoms with Crippen LogP contribution in [0.1, 0.15) is 57.9 Å². The molecule has 1 spiro atoms. The molecule has 0 aliphatic carbocycles. The summed E-state index contributed by atoms with van der Waals surface area (Å²) >= 11 is 6.54. The van der Waals surface area contributed by atoms with Crippen molar-refractivity contribution < 1.29 is 19.1 Å². The highest BCUT2D eigenvalue weighted by Gasteiger charge is 2.47. The molecule has 3 saturated heterocycles. The largest absolute Gasteiger partial charge is 0.444 e. The van der Waals surface area contributed by atoms with Crippen LogP contribution in [0.3, 0.4) is 0 Å². The molecule has 1 N–H and O–H groups in total. The zero-order chi connectivity index (χ0) is 22.4. The third kappa shape index (κ3) is 4.66. The summed E-state index contributed by atoms with van der Waals surface area (Å²) in [6.07, 6.45) is 2.63. The Hall–Kier alpha value is -2.28. The minimum atomic E-state index is -0.470. The summed E-state index contributed by atoms with van der Waals surface area (Å²) in [6.45, 7) is 8.96. The van der Waals surface area contributed by atoms with Crippen molar-refractivity contribution in [3.8, 4) is 0 Å². The Labute approximate surface area is 188 Å². The fourth-order valence-electron chi connectivity index (χ4n) is 4.76. The highest BCUT2D eigenvalue weighted by Crippen LogP contribution is 2.42. The Morgan fingerprint density at radius 1 is 1.19 bits per heavy atom. The van der Waals surface area contributed by atoms with Crippen molar-refractivity contribution in [2.45, 2.75) is 58.0 Å². The third-order valence-corrected chi connectivity index (χ3v) is 6.82. The number of benzene rings is 1. The molecule has 3 aliphatic rings. The second-order valence-electron chi connectivity index (χ2n) is 10.0. The van der Waals surface area contributed by atoms with Gasteiger partial charge in [0, 0.05) is 48.7 Å². The molecule has 31 heavy (non-hydrogen) atoms. The standard InChI is InChI=1S/C23H30ClN3O4/c1-22(2,3)31-21(30)27-13-23(14-27)8-10-26(11-9-23)15-4-5-16(18(24)12-15)17-6-7-19(28)25-20(17)29/h4-5,12,17H,6-11,13-14H2,1-3H3,(H,25,28,29). The average Bonchev–Trinajstić information content (AvgIpc) is 2.65. The van der Waals surface area contributed by atoms with Crippen LogP contribution in [0.5, 0.6) is 0 Å². The maximum Gasteiger partial charge on any atom is 0.410 e. The summed E-state index contributed by atoms with van der Waals surface area (Å²) in [5.74, 6) is -0.875. The highest BCUT2D eigenvalue weighted by atomic mass is 35.5. The van der Waals surface area contributed by atoms with Gasteiger partial charge >= 0.3 is 6.09 Å². The first-order valence-corrected chi connectivity index (χ1v) is 11.3. The summed E-state index contributed by atoms with van der Waals surface area (Å²) in [4.78, 5) is 39.9. The number of hydrogen-bond acceptors (Lipinski definition) is 5. The lowest BCUT2D eigenvalue weighted by molar-refractivity contribution is -0.134. The predicted octanol–water partition coefficient (Wildman–Crippen LogP) is 3.70. The van der Waals surface area contributed by atoms with Crippen molar-refractivity contribution in [2.24, 2.45) is 5.41 Å². The molecule has 0 bridgehead atoms. The molecule has 3 heterocycles. The van der Waals surface area contributed by atoms with E-state index in [0.29, 0.717) is 17.9 Å². The lowest BCUT2D eigenvalue weighted by atomic mass is 9.72. The smallest absolute Gasteiger partial charge is 0.410 e. The number of carbonyl (C=O) groups is 3. The van der Waals surface area contributed by atoms with Crippen LogP contribution in [0.25, 0.3) is 0 Å². The lowest BCUT2D eigenvalue weighted by Crippen LogP contribution is -2.62. The van der Waals surface area contributed by atoms with E-state index in [-0.39, 0.29) is 29.2 Å². The van der Waals surface area contributed by atoms with Crippen LogP contribution in [-0.4, -0.2) is 54.6 Å². The van der Waals surface area contributed by atoms with E-state index in [1.807, 2.05) is 39.0 Å². The predicted molar refractivity (Wildman–Crippen MR) is 118 cm³/mol. The number of rotatable bonds is 2. The van der Waals surface area contributed by atoms with Crippen LogP contribution < -0.4 is 10.2 Å². The number of nitrogens with one attached hydrogen (secondary N) is 1. The molecule has 1 aromatic carbocycles. The summed E-state index contributed by atoms with van der Waals surface area (Å²) in [5.41, 5.74) is 1.53. The number of imide groups is 1. The van der Waals surface area contributed by atoms with Gasteiger partial charge in [0.25, 0.3) is 0 Å². The number of ether oxygens (including phenoxy) is 1. The van der Waals surface area contributed by atoms with Crippen molar-refractivity contribution in [2.75, 3.05) is 31.1 Å². The van der Waals surface area contributed by atoms with Gasteiger partial charge < -0.3 is 14.5 Å². The van der Waals surface area contributed by atoms with Gasteiger partial charge in [0.1, 0.15) is 5.60 Å². The first kappa shape index (κ1) is 21.9. The van der Waals surface area contributed by atoms with E-state index in [4.69, 9.17) is 16.3 Å². The van der Waals surface area contributed by atoms with Crippen LogP contribution >= 0.6 is 11.6 Å². The second-order valence-corrected chi connectivity index (χ2v) is 10.4. The van der Waals surface area contributed by atoms with Gasteiger partial charge in [-0.05, 0) is 57.7 Å². The minimum Gasteiger partial charge on any atom is -0.444 e. The zero-order valence-corrected chi connectivity index (χ0v) is 19.1. The molecule has 1 unspecified atom stereocenters. The van der Waals surface area contributed by atoms with Gasteiger partial charge in [-0.15, -0.1) is 0 Å². The summed E-state index contributed by atoms with van der Waals surface area (Å²) in [5, 5.41) is 2.96. The molecule has 4 rings (SSSR count). The molecule has 1 aromatic rings. The summed E-state index contributed by atoms with van der Waals surface area (Å²) < 4.78 is 5.47. The van der Waals surface area contributed by atoms with E-state index in [1.165, 1.54) is 0 Å². The van der Waals surface area contributed by atoms with Gasteiger partial charge in [-0.1, -0.05) is 17.7 Å².